The monoisotopic (exact) mass is 272 g/mol. The third-order valence-corrected chi connectivity index (χ3v) is 6.59. The van der Waals surface area contributed by atoms with Crippen molar-refractivity contribution in [2.75, 3.05) is 0 Å². The van der Waals surface area contributed by atoms with Crippen LogP contribution in [0.1, 0.15) is 32.1 Å². The zero-order chi connectivity index (χ0) is 12.7. The van der Waals surface area contributed by atoms with Crippen molar-refractivity contribution in [3.63, 3.8) is 0 Å². The number of halogens is 2. The summed E-state index contributed by atoms with van der Waals surface area (Å²) in [6.07, 6.45) is 5.66. The third kappa shape index (κ3) is 1.36. The van der Waals surface area contributed by atoms with Crippen LogP contribution in [-0.2, 0) is 4.79 Å². The fourth-order valence-corrected chi connectivity index (χ4v) is 6.26. The van der Waals surface area contributed by atoms with Crippen LogP contribution in [0.2, 0.25) is 0 Å². The van der Waals surface area contributed by atoms with E-state index in [0.29, 0.717) is 18.3 Å². The molecule has 100 valence electrons. The van der Waals surface area contributed by atoms with Crippen LogP contribution in [0, 0.1) is 41.4 Å². The molecule has 4 rings (SSSR count). The summed E-state index contributed by atoms with van der Waals surface area (Å²) in [7, 11) is 0. The highest BCUT2D eigenvalue weighted by molar-refractivity contribution is 7.82. The smallest absolute Gasteiger partial charge is 0.292 e. The normalized spacial score (nSPS) is 52.9. The van der Waals surface area contributed by atoms with Crippen LogP contribution in [0.15, 0.2) is 0 Å². The summed E-state index contributed by atoms with van der Waals surface area (Å²) in [4.78, 5) is 11.8. The van der Waals surface area contributed by atoms with E-state index in [4.69, 9.17) is 0 Å². The Morgan fingerprint density at radius 2 is 1.67 bits per heavy atom. The maximum Gasteiger partial charge on any atom is 0.348 e. The second-order valence-corrected chi connectivity index (χ2v) is 7.46. The van der Waals surface area contributed by atoms with Crippen LogP contribution in [0.4, 0.5) is 8.78 Å². The van der Waals surface area contributed by atoms with Crippen molar-refractivity contribution < 1.29 is 13.6 Å². The van der Waals surface area contributed by atoms with E-state index in [0.717, 1.165) is 24.2 Å². The summed E-state index contributed by atoms with van der Waals surface area (Å²) < 4.78 is 26.3. The largest absolute Gasteiger partial charge is 0.348 e. The van der Waals surface area contributed by atoms with Crippen molar-refractivity contribution >= 4 is 18.4 Å². The van der Waals surface area contributed by atoms with E-state index < -0.39 is 17.0 Å². The zero-order valence-electron chi connectivity index (χ0n) is 10.2. The molecule has 0 amide bonds. The maximum absolute atomic E-state index is 13.1. The summed E-state index contributed by atoms with van der Waals surface area (Å²) >= 11 is 3.19. The molecule has 4 bridgehead atoms. The first kappa shape index (κ1) is 11.7. The lowest BCUT2D eigenvalue weighted by Gasteiger charge is -2.38. The van der Waals surface area contributed by atoms with E-state index in [-0.39, 0.29) is 5.92 Å². The molecule has 4 heteroatoms. The van der Waals surface area contributed by atoms with Crippen LogP contribution in [0.3, 0.4) is 0 Å². The molecule has 4 fully saturated rings. The Labute approximate surface area is 111 Å². The molecule has 18 heavy (non-hydrogen) atoms. The first-order valence-electron chi connectivity index (χ1n) is 7.11. The molecular formula is C14H18F2OS. The van der Waals surface area contributed by atoms with Gasteiger partial charge in [0.2, 0.25) is 5.78 Å². The number of alkyl halides is 2. The van der Waals surface area contributed by atoms with Gasteiger partial charge in [0, 0.05) is 5.92 Å². The predicted molar refractivity (Wildman–Crippen MR) is 66.5 cm³/mol. The first-order valence-corrected chi connectivity index (χ1v) is 7.56. The van der Waals surface area contributed by atoms with E-state index in [1.54, 1.807) is 0 Å². The summed E-state index contributed by atoms with van der Waals surface area (Å²) in [6, 6.07) is 0. The zero-order valence-corrected chi connectivity index (χ0v) is 11.1. The van der Waals surface area contributed by atoms with Crippen LogP contribution < -0.4 is 0 Å². The van der Waals surface area contributed by atoms with E-state index in [2.05, 4.69) is 12.6 Å². The minimum absolute atomic E-state index is 0.251. The Balaban J connectivity index is 1.61. The van der Waals surface area contributed by atoms with E-state index >= 15 is 0 Å². The third-order valence-electron chi connectivity index (χ3n) is 6.37. The lowest BCUT2D eigenvalue weighted by atomic mass is 9.66. The van der Waals surface area contributed by atoms with Crippen molar-refractivity contribution in [3.8, 4) is 0 Å². The first-order chi connectivity index (χ1) is 8.47. The Morgan fingerprint density at radius 3 is 2.33 bits per heavy atom. The molecule has 0 N–H and O–H groups in total. The standard InChI is InChI=1S/C14H18F2OS/c15-14(16,18)13(17)10-5-8-4-9(10)12-7-2-1-6(3-7)11(8)12/h6-12,18H,1-5H2. The minimum atomic E-state index is -3.43. The lowest BCUT2D eigenvalue weighted by molar-refractivity contribution is -0.140. The van der Waals surface area contributed by atoms with Gasteiger partial charge in [0.1, 0.15) is 0 Å². The van der Waals surface area contributed by atoms with Gasteiger partial charge in [0.05, 0.1) is 0 Å². The molecule has 0 spiro atoms. The highest BCUT2D eigenvalue weighted by Crippen LogP contribution is 2.69. The van der Waals surface area contributed by atoms with Crippen LogP contribution >= 0.6 is 12.6 Å². The molecule has 7 unspecified atom stereocenters. The predicted octanol–water partition coefficient (Wildman–Crippen LogP) is 3.40. The number of carbonyl (C=O) groups is 1. The van der Waals surface area contributed by atoms with E-state index in [9.17, 15) is 13.6 Å². The van der Waals surface area contributed by atoms with Gasteiger partial charge in [-0.25, -0.2) is 0 Å². The van der Waals surface area contributed by atoms with Gasteiger partial charge in [0.25, 0.3) is 0 Å². The number of Topliss-reactive ketones (excluding diaryl/α,β-unsaturated/α-hetero) is 1. The van der Waals surface area contributed by atoms with Crippen LogP contribution in [-0.4, -0.2) is 11.0 Å². The summed E-state index contributed by atoms with van der Waals surface area (Å²) in [6.45, 7) is 0. The van der Waals surface area contributed by atoms with Crippen molar-refractivity contribution in [1.82, 2.24) is 0 Å². The second kappa shape index (κ2) is 3.50. The Hall–Kier alpha value is -0.120. The molecule has 0 saturated heterocycles. The van der Waals surface area contributed by atoms with Gasteiger partial charge in [-0.15, -0.1) is 0 Å². The number of carbonyl (C=O) groups excluding carboxylic acids is 1. The second-order valence-electron chi connectivity index (χ2n) is 6.90. The Bertz CT molecular complexity index is 405. The van der Waals surface area contributed by atoms with Gasteiger partial charge >= 0.3 is 5.25 Å². The molecule has 0 aromatic rings. The topological polar surface area (TPSA) is 17.1 Å². The van der Waals surface area contributed by atoms with Crippen molar-refractivity contribution in [2.24, 2.45) is 41.4 Å². The van der Waals surface area contributed by atoms with E-state index in [1.165, 1.54) is 19.3 Å². The molecular weight excluding hydrogens is 254 g/mol. The lowest BCUT2D eigenvalue weighted by Crippen LogP contribution is -2.40. The Morgan fingerprint density at radius 1 is 1.00 bits per heavy atom. The van der Waals surface area contributed by atoms with Gasteiger partial charge < -0.3 is 0 Å². The maximum atomic E-state index is 13.1. The Kier molecular flexibility index (Phi) is 2.27. The highest BCUT2D eigenvalue weighted by Gasteiger charge is 2.64. The van der Waals surface area contributed by atoms with Gasteiger partial charge in [0.15, 0.2) is 0 Å². The molecule has 0 aromatic carbocycles. The minimum Gasteiger partial charge on any atom is -0.292 e. The summed E-state index contributed by atoms with van der Waals surface area (Å²) in [5, 5.41) is -3.43. The van der Waals surface area contributed by atoms with Gasteiger partial charge in [-0.3, -0.25) is 4.79 Å². The molecule has 4 aliphatic carbocycles. The van der Waals surface area contributed by atoms with Crippen LogP contribution in [0.5, 0.6) is 0 Å². The summed E-state index contributed by atoms with van der Waals surface area (Å²) in [5.41, 5.74) is 0. The SMILES string of the molecule is O=C(C1CC2CC1C1C3CCC(C3)C21)C(F)(F)S. The molecule has 0 heterocycles. The van der Waals surface area contributed by atoms with Crippen molar-refractivity contribution in [1.29, 1.82) is 0 Å². The number of ketones is 1. The van der Waals surface area contributed by atoms with Crippen molar-refractivity contribution in [3.05, 3.63) is 0 Å². The highest BCUT2D eigenvalue weighted by atomic mass is 32.1. The molecule has 0 aliphatic heterocycles. The van der Waals surface area contributed by atoms with Gasteiger partial charge in [-0.05, 0) is 67.6 Å². The molecule has 7 atom stereocenters. The van der Waals surface area contributed by atoms with Crippen molar-refractivity contribution in [2.45, 2.75) is 37.4 Å². The number of thiol groups is 1. The molecule has 4 saturated carbocycles. The van der Waals surface area contributed by atoms with E-state index in [1.807, 2.05) is 0 Å². The summed E-state index contributed by atoms with van der Waals surface area (Å²) in [5.74, 6) is 2.45. The number of hydrogen-bond donors (Lipinski definition) is 1. The average molecular weight is 272 g/mol. The molecule has 1 nitrogen and oxygen atoms in total. The number of hydrogen-bond acceptors (Lipinski definition) is 2. The van der Waals surface area contributed by atoms with Gasteiger partial charge in [-0.2, -0.15) is 8.78 Å². The number of rotatable bonds is 2. The number of fused-ring (bicyclic) bond motifs is 9. The fourth-order valence-electron chi connectivity index (χ4n) is 6.09. The quantitative estimate of drug-likeness (QED) is 0.602. The fraction of sp³-hybridized carbons (Fsp3) is 0.929. The molecule has 0 radical (unpaired) electrons. The molecule has 4 aliphatic rings. The molecule has 0 aromatic heterocycles. The average Bonchev–Trinajstić information content (AvgIpc) is 3.03. The van der Waals surface area contributed by atoms with Gasteiger partial charge in [-0.1, -0.05) is 12.6 Å². The van der Waals surface area contributed by atoms with Crippen LogP contribution in [0.25, 0.3) is 0 Å².